The van der Waals surface area contributed by atoms with Crippen molar-refractivity contribution in [2.45, 2.75) is 102 Å². The summed E-state index contributed by atoms with van der Waals surface area (Å²) in [7, 11) is 0. The molecule has 3 unspecified atom stereocenters. The maximum Gasteiger partial charge on any atom is 0.311 e. The summed E-state index contributed by atoms with van der Waals surface area (Å²) in [4.78, 5) is 46.2. The first-order valence-corrected chi connectivity index (χ1v) is 15.3. The molecule has 0 radical (unpaired) electrons. The monoisotopic (exact) mass is 562 g/mol. The van der Waals surface area contributed by atoms with E-state index in [0.29, 0.717) is 13.0 Å². The molecule has 3 aliphatic rings. The van der Waals surface area contributed by atoms with Gasteiger partial charge in [-0.05, 0) is 50.4 Å². The Morgan fingerprint density at radius 3 is 2.38 bits per heavy atom. The Bertz CT molecular complexity index is 973. The topological polar surface area (TPSA) is 87.1 Å². The van der Waals surface area contributed by atoms with Gasteiger partial charge in [0, 0.05) is 17.3 Å². The summed E-state index contributed by atoms with van der Waals surface area (Å²) in [6, 6.07) is -1.30. The summed E-state index contributed by atoms with van der Waals surface area (Å²) >= 11 is 1.63. The third-order valence-electron chi connectivity index (χ3n) is 8.65. The van der Waals surface area contributed by atoms with Crippen molar-refractivity contribution < 1.29 is 24.2 Å². The fraction of sp³-hybridized carbons (Fsp3) is 0.774. The van der Waals surface area contributed by atoms with Gasteiger partial charge < -0.3 is 19.6 Å². The number of ether oxygens (including phenoxy) is 1. The third kappa shape index (κ3) is 5.70. The molecule has 3 aliphatic heterocycles. The predicted octanol–water partition coefficient (Wildman–Crippen LogP) is 4.69. The number of carbonyl (C=O) groups is 3. The highest BCUT2D eigenvalue weighted by Gasteiger charge is 2.77. The average molecular weight is 563 g/mol. The molecule has 3 heterocycles. The van der Waals surface area contributed by atoms with E-state index in [9.17, 15) is 19.5 Å². The fourth-order valence-electron chi connectivity index (χ4n) is 7.76. The average Bonchev–Trinajstić information content (AvgIpc) is 3.41. The SMILES string of the molecule is C=CCOC(=O)[C@@H]1[C@H]2C(=O)N([C@@H](CO)CC(C)C)C(C(=O)N(CC=C)C(C)(C)CC(C)(C)C)C23S[C@@H]1CC3C. The van der Waals surface area contributed by atoms with Crippen molar-refractivity contribution in [1.29, 1.82) is 0 Å². The standard InChI is InChI=1S/C31H50N2O5S/c1-11-13-32(30(9,10)18-29(6,7)8)27(36)25-31-20(5)16-22(39-31)23(28(37)38-14-12-2)24(31)26(35)33(25)21(17-34)15-19(3)4/h11-12,19-25,34H,1-2,13-18H2,3-10H3/t20?,21-,22-,23+,24+,25?,31?/m1/s1. The molecule has 2 bridgehead atoms. The Morgan fingerprint density at radius 2 is 1.87 bits per heavy atom. The Labute approximate surface area is 239 Å². The smallest absolute Gasteiger partial charge is 0.311 e. The molecule has 0 aromatic heterocycles. The second-order valence-electron chi connectivity index (χ2n) is 14.0. The normalized spacial score (nSPS) is 30.9. The molecule has 0 aliphatic carbocycles. The van der Waals surface area contributed by atoms with Gasteiger partial charge >= 0.3 is 5.97 Å². The van der Waals surface area contributed by atoms with Crippen LogP contribution in [0.4, 0.5) is 0 Å². The molecule has 8 heteroatoms. The molecule has 3 saturated heterocycles. The molecular weight excluding hydrogens is 512 g/mol. The van der Waals surface area contributed by atoms with Gasteiger partial charge in [0.2, 0.25) is 11.8 Å². The van der Waals surface area contributed by atoms with E-state index >= 15 is 0 Å². The van der Waals surface area contributed by atoms with Crippen LogP contribution in [-0.4, -0.2) is 80.1 Å². The molecule has 7 nitrogen and oxygen atoms in total. The maximum absolute atomic E-state index is 14.9. The molecule has 0 aromatic carbocycles. The van der Waals surface area contributed by atoms with Gasteiger partial charge in [0.15, 0.2) is 0 Å². The van der Waals surface area contributed by atoms with Crippen LogP contribution >= 0.6 is 11.8 Å². The number of carbonyl (C=O) groups excluding carboxylic acids is 3. The zero-order valence-electron chi connectivity index (χ0n) is 25.2. The summed E-state index contributed by atoms with van der Waals surface area (Å²) in [5.41, 5.74) is -0.541. The number of hydrogen-bond acceptors (Lipinski definition) is 6. The zero-order chi connectivity index (χ0) is 29.5. The molecule has 3 rings (SSSR count). The number of fused-ring (bicyclic) bond motifs is 1. The van der Waals surface area contributed by atoms with Crippen LogP contribution in [0, 0.1) is 29.1 Å². The fourth-order valence-corrected chi connectivity index (χ4v) is 10.2. The van der Waals surface area contributed by atoms with E-state index in [1.54, 1.807) is 22.7 Å². The van der Waals surface area contributed by atoms with Gasteiger partial charge in [-0.3, -0.25) is 14.4 Å². The van der Waals surface area contributed by atoms with E-state index in [1.165, 1.54) is 6.08 Å². The minimum Gasteiger partial charge on any atom is -0.461 e. The molecule has 2 amide bonds. The van der Waals surface area contributed by atoms with Crippen LogP contribution in [0.5, 0.6) is 0 Å². The number of nitrogens with zero attached hydrogens (tertiary/aromatic N) is 2. The highest BCUT2D eigenvalue weighted by atomic mass is 32.2. The van der Waals surface area contributed by atoms with Gasteiger partial charge in [-0.1, -0.05) is 60.3 Å². The number of likely N-dealkylation sites (tertiary alicyclic amines) is 1. The molecule has 3 fully saturated rings. The van der Waals surface area contributed by atoms with Gasteiger partial charge in [0.25, 0.3) is 0 Å². The van der Waals surface area contributed by atoms with Crippen molar-refractivity contribution in [2.24, 2.45) is 29.1 Å². The Kier molecular flexibility index (Phi) is 9.43. The molecule has 1 spiro atoms. The lowest BCUT2D eigenvalue weighted by Gasteiger charge is -2.47. The molecule has 0 aromatic rings. The van der Waals surface area contributed by atoms with Gasteiger partial charge in [-0.15, -0.1) is 18.3 Å². The Hall–Kier alpha value is -1.80. The van der Waals surface area contributed by atoms with Crippen LogP contribution in [0.3, 0.4) is 0 Å². The quantitative estimate of drug-likeness (QED) is 0.274. The van der Waals surface area contributed by atoms with Crippen LogP contribution in [0.15, 0.2) is 25.3 Å². The van der Waals surface area contributed by atoms with Gasteiger partial charge in [0.1, 0.15) is 12.6 Å². The first kappa shape index (κ1) is 31.7. The van der Waals surface area contributed by atoms with E-state index in [1.807, 2.05) is 18.7 Å². The van der Waals surface area contributed by atoms with Crippen molar-refractivity contribution >= 4 is 29.5 Å². The van der Waals surface area contributed by atoms with Crippen LogP contribution in [0.1, 0.15) is 74.7 Å². The largest absolute Gasteiger partial charge is 0.461 e. The Morgan fingerprint density at radius 1 is 1.23 bits per heavy atom. The number of esters is 1. The third-order valence-corrected chi connectivity index (χ3v) is 10.7. The minimum absolute atomic E-state index is 0.0334. The van der Waals surface area contributed by atoms with E-state index < -0.39 is 40.2 Å². The van der Waals surface area contributed by atoms with Crippen molar-refractivity contribution in [1.82, 2.24) is 9.80 Å². The lowest BCUT2D eigenvalue weighted by molar-refractivity contribution is -0.154. The Balaban J connectivity index is 2.18. The highest BCUT2D eigenvalue weighted by molar-refractivity contribution is 8.02. The lowest BCUT2D eigenvalue weighted by Crippen LogP contribution is -2.62. The van der Waals surface area contributed by atoms with Gasteiger partial charge in [-0.25, -0.2) is 0 Å². The van der Waals surface area contributed by atoms with Crippen LogP contribution in [-0.2, 0) is 19.1 Å². The van der Waals surface area contributed by atoms with E-state index in [4.69, 9.17) is 4.74 Å². The first-order valence-electron chi connectivity index (χ1n) is 14.4. The molecule has 39 heavy (non-hydrogen) atoms. The van der Waals surface area contributed by atoms with Crippen molar-refractivity contribution in [3.8, 4) is 0 Å². The number of hydrogen-bond donors (Lipinski definition) is 1. The first-order chi connectivity index (χ1) is 18.1. The number of thioether (sulfide) groups is 1. The summed E-state index contributed by atoms with van der Waals surface area (Å²) in [5, 5.41) is 10.5. The number of aliphatic hydroxyl groups is 1. The van der Waals surface area contributed by atoms with Crippen molar-refractivity contribution in [2.75, 3.05) is 19.8 Å². The van der Waals surface area contributed by atoms with Gasteiger partial charge in [0.05, 0.1) is 29.2 Å². The van der Waals surface area contributed by atoms with Crippen LogP contribution in [0.2, 0.25) is 0 Å². The second-order valence-corrected chi connectivity index (χ2v) is 15.5. The molecule has 220 valence electrons. The minimum atomic E-state index is -0.785. The summed E-state index contributed by atoms with van der Waals surface area (Å²) in [6.45, 7) is 24.6. The van der Waals surface area contributed by atoms with E-state index in [-0.39, 0.29) is 47.5 Å². The molecule has 0 saturated carbocycles. The van der Waals surface area contributed by atoms with Crippen LogP contribution < -0.4 is 0 Å². The van der Waals surface area contributed by atoms with Gasteiger partial charge in [-0.2, -0.15) is 0 Å². The number of aliphatic hydroxyl groups excluding tert-OH is 1. The molecule has 7 atom stereocenters. The van der Waals surface area contributed by atoms with E-state index in [0.717, 1.165) is 12.8 Å². The highest BCUT2D eigenvalue weighted by Crippen LogP contribution is 2.69. The summed E-state index contributed by atoms with van der Waals surface area (Å²) in [5.74, 6) is -1.76. The molecule has 1 N–H and O–H groups in total. The maximum atomic E-state index is 14.9. The zero-order valence-corrected chi connectivity index (χ0v) is 26.1. The number of amides is 2. The molecular formula is C31H50N2O5S. The van der Waals surface area contributed by atoms with Crippen molar-refractivity contribution in [3.63, 3.8) is 0 Å². The lowest BCUT2D eigenvalue weighted by atomic mass is 9.66. The van der Waals surface area contributed by atoms with Crippen molar-refractivity contribution in [3.05, 3.63) is 25.3 Å². The summed E-state index contributed by atoms with van der Waals surface area (Å²) < 4.78 is 4.73. The predicted molar refractivity (Wildman–Crippen MR) is 157 cm³/mol. The summed E-state index contributed by atoms with van der Waals surface area (Å²) in [6.07, 6.45) is 5.33. The van der Waals surface area contributed by atoms with E-state index in [2.05, 4.69) is 54.7 Å². The second kappa shape index (κ2) is 11.6. The van der Waals surface area contributed by atoms with Crippen LogP contribution in [0.25, 0.3) is 0 Å². The number of rotatable bonds is 12.